The van der Waals surface area contributed by atoms with Crippen molar-refractivity contribution in [2.45, 2.75) is 31.8 Å². The number of anilines is 1. The van der Waals surface area contributed by atoms with E-state index in [0.717, 1.165) is 37.4 Å². The lowest BCUT2D eigenvalue weighted by atomic mass is 10.2. The molecular weight excluding hydrogens is 390 g/mol. The van der Waals surface area contributed by atoms with Gasteiger partial charge in [-0.2, -0.15) is 0 Å². The van der Waals surface area contributed by atoms with Crippen molar-refractivity contribution < 1.29 is 32.7 Å². The van der Waals surface area contributed by atoms with Gasteiger partial charge >= 0.3 is 6.29 Å². The summed E-state index contributed by atoms with van der Waals surface area (Å²) >= 11 is 1.66. The van der Waals surface area contributed by atoms with E-state index in [2.05, 4.69) is 20.9 Å². The average Bonchev–Trinajstić information content (AvgIpc) is 3.35. The van der Waals surface area contributed by atoms with E-state index in [-0.39, 0.29) is 30.1 Å². The van der Waals surface area contributed by atoms with Crippen LogP contribution >= 0.6 is 11.3 Å². The van der Waals surface area contributed by atoms with Crippen LogP contribution in [0.4, 0.5) is 14.5 Å². The van der Waals surface area contributed by atoms with Crippen molar-refractivity contribution in [3.05, 3.63) is 40.6 Å². The molecule has 2 aromatic rings. The number of halogens is 2. The first kappa shape index (κ1) is 19.1. The number of quaternary nitrogens is 1. The van der Waals surface area contributed by atoms with Crippen LogP contribution in [0.3, 0.4) is 0 Å². The van der Waals surface area contributed by atoms with Gasteiger partial charge in [-0.05, 0) is 36.4 Å². The van der Waals surface area contributed by atoms with E-state index in [1.807, 2.05) is 11.4 Å². The fraction of sp³-hybridized carbons (Fsp3) is 0.421. The Morgan fingerprint density at radius 3 is 2.89 bits per heavy atom. The molecule has 0 aliphatic carbocycles. The summed E-state index contributed by atoms with van der Waals surface area (Å²) in [5, 5.41) is 4.77. The van der Waals surface area contributed by atoms with Crippen molar-refractivity contribution in [3.8, 4) is 11.5 Å². The lowest BCUT2D eigenvalue weighted by Gasteiger charge is -2.21. The van der Waals surface area contributed by atoms with Crippen LogP contribution < -0.4 is 19.7 Å². The number of hydrogen-bond donors (Lipinski definition) is 2. The monoisotopic (exact) mass is 411 g/mol. The molecule has 9 heteroatoms. The second-order valence-corrected chi connectivity index (χ2v) is 7.93. The van der Waals surface area contributed by atoms with E-state index in [1.165, 1.54) is 23.1 Å². The second kappa shape index (κ2) is 8.02. The number of rotatable bonds is 7. The molecule has 1 aromatic heterocycles. The van der Waals surface area contributed by atoms with Gasteiger partial charge in [0.2, 0.25) is 0 Å². The maximum Gasteiger partial charge on any atom is 0.586 e. The van der Waals surface area contributed by atoms with Crippen LogP contribution in [-0.2, 0) is 16.1 Å². The smallest absolute Gasteiger partial charge is 0.395 e. The summed E-state index contributed by atoms with van der Waals surface area (Å²) in [5.74, 6) is -0.341. The number of thiophene rings is 1. The van der Waals surface area contributed by atoms with Crippen LogP contribution in [0.25, 0.3) is 0 Å². The van der Waals surface area contributed by atoms with Crippen LogP contribution in [0.1, 0.15) is 17.7 Å². The van der Waals surface area contributed by atoms with Gasteiger partial charge in [0.15, 0.2) is 18.0 Å². The van der Waals surface area contributed by atoms with Crippen molar-refractivity contribution in [2.24, 2.45) is 0 Å². The number of carbonyl (C=O) groups excluding carboxylic acids is 1. The van der Waals surface area contributed by atoms with Crippen LogP contribution in [0.5, 0.6) is 11.5 Å². The van der Waals surface area contributed by atoms with Crippen molar-refractivity contribution in [1.29, 1.82) is 0 Å². The van der Waals surface area contributed by atoms with E-state index in [1.54, 1.807) is 11.3 Å². The van der Waals surface area contributed by atoms with Gasteiger partial charge < -0.3 is 24.4 Å². The molecule has 28 heavy (non-hydrogen) atoms. The highest BCUT2D eigenvalue weighted by Gasteiger charge is 2.43. The van der Waals surface area contributed by atoms with Gasteiger partial charge in [0, 0.05) is 18.4 Å². The molecule has 1 aromatic carbocycles. The van der Waals surface area contributed by atoms with Gasteiger partial charge in [-0.25, -0.2) is 0 Å². The number of ether oxygens (including phenoxy) is 3. The van der Waals surface area contributed by atoms with Gasteiger partial charge in [-0.15, -0.1) is 20.1 Å². The highest BCUT2D eigenvalue weighted by Crippen LogP contribution is 2.42. The van der Waals surface area contributed by atoms with Crippen LogP contribution in [0, 0.1) is 0 Å². The Kier molecular flexibility index (Phi) is 5.47. The third-order valence-corrected chi connectivity index (χ3v) is 5.52. The molecule has 0 spiro atoms. The van der Waals surface area contributed by atoms with Crippen LogP contribution in [0.2, 0.25) is 0 Å². The van der Waals surface area contributed by atoms with E-state index < -0.39 is 6.29 Å². The van der Waals surface area contributed by atoms with Gasteiger partial charge in [0.1, 0.15) is 19.2 Å². The quantitative estimate of drug-likeness (QED) is 0.734. The molecule has 3 heterocycles. The van der Waals surface area contributed by atoms with Crippen molar-refractivity contribution in [3.63, 3.8) is 0 Å². The maximum atomic E-state index is 13.1. The average molecular weight is 411 g/mol. The molecule has 1 saturated heterocycles. The normalized spacial score (nSPS) is 20.9. The van der Waals surface area contributed by atoms with E-state index in [4.69, 9.17) is 4.74 Å². The molecule has 0 saturated carbocycles. The predicted octanol–water partition coefficient (Wildman–Crippen LogP) is 2.27. The summed E-state index contributed by atoms with van der Waals surface area (Å²) in [6.07, 6.45) is -1.46. The third-order valence-electron chi connectivity index (χ3n) is 4.64. The third kappa shape index (κ3) is 4.78. The molecule has 2 aliphatic rings. The van der Waals surface area contributed by atoms with Crippen molar-refractivity contribution in [1.82, 2.24) is 0 Å². The van der Waals surface area contributed by atoms with Crippen molar-refractivity contribution >= 4 is 22.9 Å². The Bertz CT molecular complexity index is 825. The van der Waals surface area contributed by atoms with Gasteiger partial charge in [0.05, 0.1) is 4.88 Å². The molecule has 1 amide bonds. The van der Waals surface area contributed by atoms with Gasteiger partial charge in [-0.1, -0.05) is 6.07 Å². The van der Waals surface area contributed by atoms with Crippen molar-refractivity contribution in [2.75, 3.05) is 25.0 Å². The molecule has 6 nitrogen and oxygen atoms in total. The zero-order valence-electron chi connectivity index (χ0n) is 15.1. The van der Waals surface area contributed by atoms with Gasteiger partial charge in [-0.3, -0.25) is 4.79 Å². The molecule has 4 rings (SSSR count). The number of fused-ring (bicyclic) bond motifs is 1. The lowest BCUT2D eigenvalue weighted by Crippen LogP contribution is -3.12. The molecule has 0 bridgehead atoms. The molecule has 2 aliphatic heterocycles. The summed E-state index contributed by atoms with van der Waals surface area (Å²) in [7, 11) is 0. The zero-order valence-corrected chi connectivity index (χ0v) is 15.9. The molecule has 2 atom stereocenters. The summed E-state index contributed by atoms with van der Waals surface area (Å²) in [4.78, 5) is 14.9. The summed E-state index contributed by atoms with van der Waals surface area (Å²) in [6, 6.07) is 8.25. The van der Waals surface area contributed by atoms with E-state index in [9.17, 15) is 13.6 Å². The highest BCUT2D eigenvalue weighted by molar-refractivity contribution is 7.09. The lowest BCUT2D eigenvalue weighted by molar-refractivity contribution is -0.908. The zero-order chi connectivity index (χ0) is 19.6. The number of hydrogen-bond acceptors (Lipinski definition) is 5. The molecule has 2 N–H and O–H groups in total. The SMILES string of the molecule is O=C(C[NH+](Cc1cccs1)C[C@H]1CCCO1)Nc1ccc2c(c1)OC(F)(F)O2. The number of benzene rings is 1. The van der Waals surface area contributed by atoms with E-state index in [0.29, 0.717) is 5.69 Å². The fourth-order valence-corrected chi connectivity index (χ4v) is 4.23. The molecule has 150 valence electrons. The minimum absolute atomic E-state index is 0.0497. The second-order valence-electron chi connectivity index (χ2n) is 6.90. The number of alkyl halides is 2. The molecular formula is C19H21F2N2O4S+. The minimum Gasteiger partial charge on any atom is -0.395 e. The highest BCUT2D eigenvalue weighted by atomic mass is 32.1. The minimum atomic E-state index is -3.67. The predicted molar refractivity (Wildman–Crippen MR) is 99.0 cm³/mol. The van der Waals surface area contributed by atoms with Crippen LogP contribution in [-0.4, -0.2) is 38.0 Å². The first-order valence-corrected chi connectivity index (χ1v) is 10.0. The Morgan fingerprint density at radius 2 is 2.14 bits per heavy atom. The standard InChI is InChI=1S/C19H20F2N2O4S/c20-19(21)26-16-6-5-13(9-17(16)27-19)22-18(24)12-23(10-14-3-1-7-25-14)11-15-4-2-8-28-15/h2,4-6,8-9,14H,1,3,7,10-12H2,(H,22,24)/p+1/t14-/m1/s1. The Morgan fingerprint density at radius 1 is 1.29 bits per heavy atom. The van der Waals surface area contributed by atoms with Gasteiger partial charge in [0.25, 0.3) is 5.91 Å². The topological polar surface area (TPSA) is 61.2 Å². The summed E-state index contributed by atoms with van der Waals surface area (Å²) < 4.78 is 40.8. The summed E-state index contributed by atoms with van der Waals surface area (Å²) in [6.45, 7) is 2.50. The molecule has 1 fully saturated rings. The molecule has 0 radical (unpaired) electrons. The number of carbonyl (C=O) groups is 1. The maximum absolute atomic E-state index is 13.1. The Labute approximate surface area is 165 Å². The Hall–Kier alpha value is -2.23. The largest absolute Gasteiger partial charge is 0.586 e. The fourth-order valence-electron chi connectivity index (χ4n) is 3.45. The molecule has 1 unspecified atom stereocenters. The number of amides is 1. The first-order chi connectivity index (χ1) is 13.5. The first-order valence-electron chi connectivity index (χ1n) is 9.14. The van der Waals surface area contributed by atoms with E-state index >= 15 is 0 Å². The summed E-state index contributed by atoms with van der Waals surface area (Å²) in [5.41, 5.74) is 0.387. The number of nitrogens with one attached hydrogen (secondary N) is 2. The van der Waals surface area contributed by atoms with Crippen LogP contribution in [0.15, 0.2) is 35.7 Å². The Balaban J connectivity index is 1.38.